The van der Waals surface area contributed by atoms with Crippen molar-refractivity contribution in [2.75, 3.05) is 26.3 Å². The minimum atomic E-state index is -4.45. The first-order chi connectivity index (χ1) is 13.7. The third-order valence-corrected chi connectivity index (χ3v) is 7.73. The molecule has 1 aliphatic heterocycles. The summed E-state index contributed by atoms with van der Waals surface area (Å²) in [6, 6.07) is 7.76. The van der Waals surface area contributed by atoms with Crippen LogP contribution >= 0.6 is 11.3 Å². The summed E-state index contributed by atoms with van der Waals surface area (Å²) < 4.78 is 70.1. The summed E-state index contributed by atoms with van der Waals surface area (Å²) in [6.07, 6.45) is -4.50. The number of hydrogen-bond acceptors (Lipinski definition) is 5. The van der Waals surface area contributed by atoms with Gasteiger partial charge in [-0.2, -0.15) is 17.5 Å². The average molecular weight is 448 g/mol. The first-order valence-corrected chi connectivity index (χ1v) is 11.0. The lowest BCUT2D eigenvalue weighted by molar-refractivity contribution is -0.137. The van der Waals surface area contributed by atoms with Gasteiger partial charge in [0.25, 0.3) is 10.0 Å². The maximum atomic E-state index is 12.7. The van der Waals surface area contributed by atoms with Crippen LogP contribution in [0, 0.1) is 0 Å². The lowest BCUT2D eigenvalue weighted by atomic mass is 10.1. The quantitative estimate of drug-likeness (QED) is 0.737. The molecule has 1 fully saturated rings. The molecular formula is C18H19F3N2O4S2. The minimum absolute atomic E-state index is 0.0485. The third kappa shape index (κ3) is 5.56. The number of sulfonamides is 1. The van der Waals surface area contributed by atoms with Crippen LogP contribution < -0.4 is 5.32 Å². The topological polar surface area (TPSA) is 75.7 Å². The molecular weight excluding hydrogens is 429 g/mol. The van der Waals surface area contributed by atoms with Gasteiger partial charge in [-0.25, -0.2) is 8.42 Å². The van der Waals surface area contributed by atoms with E-state index in [9.17, 15) is 26.4 Å². The fraction of sp³-hybridized carbons (Fsp3) is 0.389. The monoisotopic (exact) mass is 448 g/mol. The number of nitrogens with zero attached hydrogens (tertiary/aromatic N) is 1. The zero-order chi connectivity index (χ0) is 21.1. The van der Waals surface area contributed by atoms with Gasteiger partial charge in [-0.3, -0.25) is 4.79 Å². The Morgan fingerprint density at radius 3 is 2.59 bits per heavy atom. The molecule has 1 aromatic heterocycles. The largest absolute Gasteiger partial charge is 0.416 e. The van der Waals surface area contributed by atoms with E-state index in [2.05, 4.69) is 5.32 Å². The highest BCUT2D eigenvalue weighted by molar-refractivity contribution is 7.91. The van der Waals surface area contributed by atoms with Gasteiger partial charge >= 0.3 is 6.18 Å². The van der Waals surface area contributed by atoms with Gasteiger partial charge in [-0.1, -0.05) is 12.1 Å². The second kappa shape index (κ2) is 8.82. The fourth-order valence-corrected chi connectivity index (χ4v) is 5.70. The molecule has 158 valence electrons. The number of halogens is 3. The zero-order valence-electron chi connectivity index (χ0n) is 15.2. The molecule has 0 radical (unpaired) electrons. The summed E-state index contributed by atoms with van der Waals surface area (Å²) in [5, 5.41) is 2.56. The molecule has 1 N–H and O–H groups in total. The Labute approximate surface area is 170 Å². The molecule has 0 aliphatic carbocycles. The highest BCUT2D eigenvalue weighted by atomic mass is 32.2. The van der Waals surface area contributed by atoms with E-state index in [0.717, 1.165) is 23.5 Å². The van der Waals surface area contributed by atoms with Crippen molar-refractivity contribution < 1.29 is 31.1 Å². The molecule has 1 aromatic carbocycles. The van der Waals surface area contributed by atoms with Gasteiger partial charge in [0, 0.05) is 24.5 Å². The summed E-state index contributed by atoms with van der Waals surface area (Å²) in [4.78, 5) is 12.7. The Balaban J connectivity index is 1.58. The summed E-state index contributed by atoms with van der Waals surface area (Å²) in [6.45, 7) is 1.21. The first-order valence-electron chi connectivity index (χ1n) is 8.76. The van der Waals surface area contributed by atoms with Crippen molar-refractivity contribution in [1.29, 1.82) is 0 Å². The Kier molecular flexibility index (Phi) is 6.62. The van der Waals surface area contributed by atoms with Crippen molar-refractivity contribution in [3.8, 4) is 0 Å². The van der Waals surface area contributed by atoms with E-state index in [1.54, 1.807) is 6.07 Å². The van der Waals surface area contributed by atoms with Crippen molar-refractivity contribution in [2.24, 2.45) is 0 Å². The van der Waals surface area contributed by atoms with Crippen molar-refractivity contribution in [3.05, 3.63) is 52.4 Å². The number of rotatable bonds is 6. The molecule has 3 rings (SSSR count). The van der Waals surface area contributed by atoms with Gasteiger partial charge in [-0.05, 0) is 29.8 Å². The van der Waals surface area contributed by atoms with Gasteiger partial charge < -0.3 is 10.1 Å². The molecule has 11 heteroatoms. The van der Waals surface area contributed by atoms with Crippen LogP contribution in [0.1, 0.15) is 16.0 Å². The molecule has 29 heavy (non-hydrogen) atoms. The van der Waals surface area contributed by atoms with E-state index in [-0.39, 0.29) is 30.3 Å². The Bertz CT molecular complexity index is 967. The van der Waals surface area contributed by atoms with E-state index in [0.29, 0.717) is 23.7 Å². The van der Waals surface area contributed by atoms with Crippen molar-refractivity contribution in [2.45, 2.75) is 23.4 Å². The van der Waals surface area contributed by atoms with Crippen molar-refractivity contribution >= 4 is 27.3 Å². The summed E-state index contributed by atoms with van der Waals surface area (Å²) >= 11 is 1.01. The van der Waals surface area contributed by atoms with Crippen LogP contribution in [0.15, 0.2) is 40.6 Å². The maximum Gasteiger partial charge on any atom is 0.416 e. The van der Waals surface area contributed by atoms with E-state index >= 15 is 0 Å². The standard InChI is InChI=1S/C18H19F3N2O4S2/c19-18(20,21)14-3-1-2-13(10-14)12-22-16(24)11-15-4-5-17(28-15)29(25,26)23-6-8-27-9-7-23/h1-5,10H,6-9,11-12H2,(H,22,24). The number of benzene rings is 1. The van der Waals surface area contributed by atoms with Crippen LogP contribution in [-0.2, 0) is 38.7 Å². The molecule has 6 nitrogen and oxygen atoms in total. The number of alkyl halides is 3. The number of ether oxygens (including phenoxy) is 1. The number of carbonyl (C=O) groups is 1. The molecule has 2 heterocycles. The highest BCUT2D eigenvalue weighted by Crippen LogP contribution is 2.29. The van der Waals surface area contributed by atoms with Gasteiger partial charge in [0.05, 0.1) is 25.2 Å². The number of hydrogen-bond donors (Lipinski definition) is 1. The second-order valence-electron chi connectivity index (χ2n) is 6.39. The average Bonchev–Trinajstić information content (AvgIpc) is 3.16. The van der Waals surface area contributed by atoms with E-state index in [4.69, 9.17) is 4.74 Å². The normalized spacial score (nSPS) is 16.0. The molecule has 0 spiro atoms. The summed E-state index contributed by atoms with van der Waals surface area (Å²) in [5.74, 6) is -0.403. The molecule has 1 saturated heterocycles. The van der Waals surface area contributed by atoms with Crippen LogP contribution in [0.4, 0.5) is 13.2 Å². The Morgan fingerprint density at radius 2 is 1.90 bits per heavy atom. The summed E-state index contributed by atoms with van der Waals surface area (Å²) in [7, 11) is -3.62. The number of carbonyl (C=O) groups excluding carboxylic acids is 1. The van der Waals surface area contributed by atoms with Gasteiger partial charge in [0.1, 0.15) is 4.21 Å². The minimum Gasteiger partial charge on any atom is -0.379 e. The number of nitrogens with one attached hydrogen (secondary N) is 1. The predicted molar refractivity (Wildman–Crippen MR) is 101 cm³/mol. The summed E-state index contributed by atoms with van der Waals surface area (Å²) in [5.41, 5.74) is -0.449. The zero-order valence-corrected chi connectivity index (χ0v) is 16.9. The Hall–Kier alpha value is -1.95. The number of morpholine rings is 1. The van der Waals surface area contributed by atoms with Crippen LogP contribution in [0.3, 0.4) is 0 Å². The van der Waals surface area contributed by atoms with Gasteiger partial charge in [-0.15, -0.1) is 11.3 Å². The van der Waals surface area contributed by atoms with E-state index < -0.39 is 27.7 Å². The molecule has 2 aromatic rings. The third-order valence-electron chi connectivity index (χ3n) is 4.28. The smallest absolute Gasteiger partial charge is 0.379 e. The molecule has 0 unspecified atom stereocenters. The van der Waals surface area contributed by atoms with Gasteiger partial charge in [0.15, 0.2) is 0 Å². The van der Waals surface area contributed by atoms with Crippen molar-refractivity contribution in [3.63, 3.8) is 0 Å². The first kappa shape index (κ1) is 21.8. The predicted octanol–water partition coefficient (Wildman–Crippen LogP) is 2.65. The fourth-order valence-electron chi connectivity index (χ4n) is 2.79. The SMILES string of the molecule is O=C(Cc1ccc(S(=O)(=O)N2CCOCC2)s1)NCc1cccc(C(F)(F)F)c1. The lowest BCUT2D eigenvalue weighted by Gasteiger charge is -2.25. The second-order valence-corrected chi connectivity index (χ2v) is 9.72. The number of amides is 1. The molecule has 0 saturated carbocycles. The lowest BCUT2D eigenvalue weighted by Crippen LogP contribution is -2.40. The van der Waals surface area contributed by atoms with E-state index in [1.165, 1.54) is 22.5 Å². The van der Waals surface area contributed by atoms with Crippen LogP contribution in [0.5, 0.6) is 0 Å². The van der Waals surface area contributed by atoms with Crippen molar-refractivity contribution in [1.82, 2.24) is 9.62 Å². The van der Waals surface area contributed by atoms with Gasteiger partial charge in [0.2, 0.25) is 5.91 Å². The molecule has 0 atom stereocenters. The Morgan fingerprint density at radius 1 is 1.17 bits per heavy atom. The molecule has 0 bridgehead atoms. The molecule has 1 amide bonds. The van der Waals surface area contributed by atoms with E-state index in [1.807, 2.05) is 0 Å². The maximum absolute atomic E-state index is 12.7. The van der Waals surface area contributed by atoms with Crippen LogP contribution in [0.25, 0.3) is 0 Å². The number of thiophene rings is 1. The van der Waals surface area contributed by atoms with Crippen LogP contribution in [-0.4, -0.2) is 44.9 Å². The molecule has 1 aliphatic rings. The van der Waals surface area contributed by atoms with Crippen LogP contribution in [0.2, 0.25) is 0 Å². The highest BCUT2D eigenvalue weighted by Gasteiger charge is 2.30.